The number of hydrogen-bond acceptors (Lipinski definition) is 6. The zero-order chi connectivity index (χ0) is 17.8. The van der Waals surface area contributed by atoms with E-state index in [-0.39, 0.29) is 5.69 Å². The van der Waals surface area contributed by atoms with Crippen molar-refractivity contribution in [2.45, 2.75) is 6.42 Å². The molecule has 0 amide bonds. The van der Waals surface area contributed by atoms with Gasteiger partial charge in [-0.25, -0.2) is 4.98 Å². The van der Waals surface area contributed by atoms with Crippen molar-refractivity contribution in [1.82, 2.24) is 4.98 Å². The standard InChI is InChI=1S/C18H16N2O4S/c1-23-16-7-6-12(8-17(16)24-2)9-18-19-15(11-25-18)13-4-3-5-14(10-13)20(21)22/h3-8,10-11H,9H2,1-2H3. The third-order valence-corrected chi connectivity index (χ3v) is 4.56. The van der Waals surface area contributed by atoms with Gasteiger partial charge in [-0.15, -0.1) is 11.3 Å². The van der Waals surface area contributed by atoms with Crippen LogP contribution < -0.4 is 9.47 Å². The number of methoxy groups -OCH3 is 2. The Morgan fingerprint density at radius 3 is 2.64 bits per heavy atom. The topological polar surface area (TPSA) is 74.5 Å². The van der Waals surface area contributed by atoms with Gasteiger partial charge < -0.3 is 9.47 Å². The van der Waals surface area contributed by atoms with Crippen molar-refractivity contribution in [3.8, 4) is 22.8 Å². The van der Waals surface area contributed by atoms with Crippen LogP contribution in [0.25, 0.3) is 11.3 Å². The Hall–Kier alpha value is -2.93. The summed E-state index contributed by atoms with van der Waals surface area (Å²) in [5.74, 6) is 1.36. The van der Waals surface area contributed by atoms with Crippen LogP contribution in [0.2, 0.25) is 0 Å². The van der Waals surface area contributed by atoms with Gasteiger partial charge in [-0.1, -0.05) is 18.2 Å². The molecule has 0 aliphatic heterocycles. The maximum atomic E-state index is 10.9. The third-order valence-electron chi connectivity index (χ3n) is 3.71. The second kappa shape index (κ2) is 7.31. The number of nitro groups is 1. The van der Waals surface area contributed by atoms with E-state index >= 15 is 0 Å². The summed E-state index contributed by atoms with van der Waals surface area (Å²) in [5, 5.41) is 13.7. The molecule has 0 aliphatic carbocycles. The molecule has 1 aromatic heterocycles. The highest BCUT2D eigenvalue weighted by molar-refractivity contribution is 7.10. The van der Waals surface area contributed by atoms with Gasteiger partial charge in [0.1, 0.15) is 0 Å². The highest BCUT2D eigenvalue weighted by atomic mass is 32.1. The molecule has 0 spiro atoms. The first-order valence-electron chi connectivity index (χ1n) is 7.51. The molecule has 3 aromatic rings. The third kappa shape index (κ3) is 3.77. The summed E-state index contributed by atoms with van der Waals surface area (Å²) < 4.78 is 10.6. The average molecular weight is 356 g/mol. The van der Waals surface area contributed by atoms with Gasteiger partial charge in [0.15, 0.2) is 11.5 Å². The SMILES string of the molecule is COc1ccc(Cc2nc(-c3cccc([N+](=O)[O-])c3)cs2)cc1OC. The van der Waals surface area contributed by atoms with E-state index in [1.165, 1.54) is 23.5 Å². The molecule has 7 heteroatoms. The van der Waals surface area contributed by atoms with E-state index in [9.17, 15) is 10.1 Å². The van der Waals surface area contributed by atoms with Gasteiger partial charge in [0.25, 0.3) is 5.69 Å². The van der Waals surface area contributed by atoms with Crippen LogP contribution >= 0.6 is 11.3 Å². The van der Waals surface area contributed by atoms with Crippen molar-refractivity contribution in [2.24, 2.45) is 0 Å². The molecule has 128 valence electrons. The van der Waals surface area contributed by atoms with Crippen LogP contribution in [0.1, 0.15) is 10.6 Å². The molecule has 25 heavy (non-hydrogen) atoms. The largest absolute Gasteiger partial charge is 0.493 e. The number of aromatic nitrogens is 1. The second-order valence-corrected chi connectivity index (χ2v) is 6.24. The second-order valence-electron chi connectivity index (χ2n) is 5.30. The number of non-ortho nitro benzene ring substituents is 1. The summed E-state index contributed by atoms with van der Waals surface area (Å²) in [6, 6.07) is 12.3. The molecule has 0 aliphatic rings. The van der Waals surface area contributed by atoms with Crippen molar-refractivity contribution < 1.29 is 14.4 Å². The average Bonchev–Trinajstić information content (AvgIpc) is 3.10. The van der Waals surface area contributed by atoms with Gasteiger partial charge in [0.2, 0.25) is 0 Å². The lowest BCUT2D eigenvalue weighted by Gasteiger charge is -2.08. The Bertz CT molecular complexity index is 908. The quantitative estimate of drug-likeness (QED) is 0.485. The molecule has 0 unspecified atom stereocenters. The summed E-state index contributed by atoms with van der Waals surface area (Å²) in [5.41, 5.74) is 2.60. The van der Waals surface area contributed by atoms with Gasteiger partial charge in [-0.3, -0.25) is 10.1 Å². The lowest BCUT2D eigenvalue weighted by Crippen LogP contribution is -1.93. The first-order chi connectivity index (χ1) is 12.1. The summed E-state index contributed by atoms with van der Waals surface area (Å²) in [6.45, 7) is 0. The van der Waals surface area contributed by atoms with Gasteiger partial charge in [0.05, 0.1) is 29.8 Å². The van der Waals surface area contributed by atoms with Crippen LogP contribution in [0, 0.1) is 10.1 Å². The minimum Gasteiger partial charge on any atom is -0.493 e. The van der Waals surface area contributed by atoms with E-state index in [1.54, 1.807) is 20.3 Å². The first kappa shape index (κ1) is 16.9. The highest BCUT2D eigenvalue weighted by Gasteiger charge is 2.11. The van der Waals surface area contributed by atoms with Crippen LogP contribution in [0.3, 0.4) is 0 Å². The van der Waals surface area contributed by atoms with Crippen molar-refractivity contribution in [2.75, 3.05) is 14.2 Å². The number of benzene rings is 2. The van der Waals surface area contributed by atoms with Crippen molar-refractivity contribution >= 4 is 17.0 Å². The number of ether oxygens (including phenoxy) is 2. The van der Waals surface area contributed by atoms with E-state index in [0.717, 1.165) is 21.8 Å². The fraction of sp³-hybridized carbons (Fsp3) is 0.167. The van der Waals surface area contributed by atoms with Crippen LogP contribution in [0.4, 0.5) is 5.69 Å². The number of hydrogen-bond donors (Lipinski definition) is 0. The normalized spacial score (nSPS) is 10.5. The molecular formula is C18H16N2O4S. The Morgan fingerprint density at radius 2 is 1.92 bits per heavy atom. The molecule has 2 aromatic carbocycles. The molecule has 1 heterocycles. The summed E-state index contributed by atoms with van der Waals surface area (Å²) >= 11 is 1.52. The minimum absolute atomic E-state index is 0.0620. The monoisotopic (exact) mass is 356 g/mol. The summed E-state index contributed by atoms with van der Waals surface area (Å²) in [4.78, 5) is 15.1. The number of thiazole rings is 1. The zero-order valence-electron chi connectivity index (χ0n) is 13.8. The molecule has 0 fully saturated rings. The fourth-order valence-electron chi connectivity index (χ4n) is 2.47. The fourth-order valence-corrected chi connectivity index (χ4v) is 3.31. The van der Waals surface area contributed by atoms with E-state index in [0.29, 0.717) is 17.9 Å². The Kier molecular flexibility index (Phi) is 4.95. The van der Waals surface area contributed by atoms with E-state index in [4.69, 9.17) is 9.47 Å². The van der Waals surface area contributed by atoms with Gasteiger partial charge in [-0.2, -0.15) is 0 Å². The molecule has 0 saturated carbocycles. The molecule has 0 N–H and O–H groups in total. The predicted octanol–water partition coefficient (Wildman–Crippen LogP) is 4.33. The highest BCUT2D eigenvalue weighted by Crippen LogP contribution is 2.30. The maximum Gasteiger partial charge on any atom is 0.270 e. The maximum absolute atomic E-state index is 10.9. The van der Waals surface area contributed by atoms with Gasteiger partial charge >= 0.3 is 0 Å². The molecule has 0 bridgehead atoms. The van der Waals surface area contributed by atoms with E-state index in [1.807, 2.05) is 29.6 Å². The predicted molar refractivity (Wildman–Crippen MR) is 96.6 cm³/mol. The summed E-state index contributed by atoms with van der Waals surface area (Å²) in [6.07, 6.45) is 0.653. The van der Waals surface area contributed by atoms with E-state index in [2.05, 4.69) is 4.98 Å². The van der Waals surface area contributed by atoms with Crippen LogP contribution in [-0.4, -0.2) is 24.1 Å². The minimum atomic E-state index is -0.402. The van der Waals surface area contributed by atoms with Crippen molar-refractivity contribution in [3.05, 3.63) is 68.5 Å². The van der Waals surface area contributed by atoms with E-state index < -0.39 is 4.92 Å². The first-order valence-corrected chi connectivity index (χ1v) is 8.39. The van der Waals surface area contributed by atoms with Crippen LogP contribution in [0.5, 0.6) is 11.5 Å². The summed E-state index contributed by atoms with van der Waals surface area (Å²) in [7, 11) is 3.20. The smallest absolute Gasteiger partial charge is 0.270 e. The Balaban J connectivity index is 1.82. The number of rotatable bonds is 6. The molecule has 0 atom stereocenters. The van der Waals surface area contributed by atoms with Crippen molar-refractivity contribution in [3.63, 3.8) is 0 Å². The molecule has 6 nitrogen and oxygen atoms in total. The lowest BCUT2D eigenvalue weighted by atomic mass is 10.1. The molecule has 0 radical (unpaired) electrons. The molecule has 3 rings (SSSR count). The Labute approximate surface area is 148 Å². The molecular weight excluding hydrogens is 340 g/mol. The van der Waals surface area contributed by atoms with Gasteiger partial charge in [-0.05, 0) is 17.7 Å². The zero-order valence-corrected chi connectivity index (χ0v) is 14.6. The Morgan fingerprint density at radius 1 is 1.12 bits per heavy atom. The lowest BCUT2D eigenvalue weighted by molar-refractivity contribution is -0.384. The number of nitrogens with zero attached hydrogens (tertiary/aromatic N) is 2. The van der Waals surface area contributed by atoms with Crippen LogP contribution in [-0.2, 0) is 6.42 Å². The van der Waals surface area contributed by atoms with Crippen LogP contribution in [0.15, 0.2) is 47.8 Å². The molecule has 0 saturated heterocycles. The number of nitro benzene ring substituents is 1. The van der Waals surface area contributed by atoms with Crippen molar-refractivity contribution in [1.29, 1.82) is 0 Å². The van der Waals surface area contributed by atoms with Gasteiger partial charge in [0, 0.05) is 29.5 Å².